The molecule has 2 N–H and O–H groups in total. The van der Waals surface area contributed by atoms with Crippen molar-refractivity contribution in [2.24, 2.45) is 0 Å². The number of carbonyl (C=O) groups is 2. The highest BCUT2D eigenvalue weighted by molar-refractivity contribution is 7.16. The van der Waals surface area contributed by atoms with E-state index in [1.54, 1.807) is 0 Å². The zero-order valence-corrected chi connectivity index (χ0v) is 14.8. The lowest BCUT2D eigenvalue weighted by Crippen LogP contribution is -2.29. The predicted octanol–water partition coefficient (Wildman–Crippen LogP) is 2.33. The highest BCUT2D eigenvalue weighted by atomic mass is 32.1. The van der Waals surface area contributed by atoms with Gasteiger partial charge in [-0.15, -0.1) is 11.3 Å². The second-order valence-electron chi connectivity index (χ2n) is 6.05. The molecule has 1 aromatic heterocycles. The predicted molar refractivity (Wildman–Crippen MR) is 95.3 cm³/mol. The minimum atomic E-state index is -0.697. The van der Waals surface area contributed by atoms with Gasteiger partial charge in [0.1, 0.15) is 0 Å². The van der Waals surface area contributed by atoms with Gasteiger partial charge in [0.15, 0.2) is 5.13 Å². The van der Waals surface area contributed by atoms with Crippen molar-refractivity contribution < 1.29 is 9.59 Å². The van der Waals surface area contributed by atoms with E-state index in [1.165, 1.54) is 11.3 Å². The Bertz CT molecular complexity index is 780. The summed E-state index contributed by atoms with van der Waals surface area (Å²) in [6, 6.07) is 5.70. The molecular weight excluding hydrogens is 324 g/mol. The van der Waals surface area contributed by atoms with Crippen LogP contribution in [0.2, 0.25) is 0 Å². The third-order valence-corrected chi connectivity index (χ3v) is 5.07. The van der Waals surface area contributed by atoms with Crippen LogP contribution < -0.4 is 10.6 Å². The third-order valence-electron chi connectivity index (χ3n) is 4.07. The maximum Gasteiger partial charge on any atom is 0.315 e. The maximum atomic E-state index is 12.2. The molecule has 2 aromatic rings. The van der Waals surface area contributed by atoms with Gasteiger partial charge in [-0.3, -0.25) is 14.9 Å². The average Bonchev–Trinajstić information content (AvgIpc) is 2.92. The quantitative estimate of drug-likeness (QED) is 0.820. The monoisotopic (exact) mass is 344 g/mol. The standard InChI is InChI=1S/C17H20N4O2S/c1-10-5-4-6-11(2)14(10)19-15(22)16(23)20-17-18-12-7-8-21(3)9-13(12)24-17/h4-6H,7-9H2,1-3H3,(H,19,22)(H,18,20,23). The summed E-state index contributed by atoms with van der Waals surface area (Å²) in [6.07, 6.45) is 0.868. The van der Waals surface area contributed by atoms with Crippen LogP contribution in [0, 0.1) is 13.8 Å². The van der Waals surface area contributed by atoms with Crippen molar-refractivity contribution in [2.75, 3.05) is 24.2 Å². The third kappa shape index (κ3) is 3.47. The van der Waals surface area contributed by atoms with Crippen LogP contribution in [0.4, 0.5) is 10.8 Å². The van der Waals surface area contributed by atoms with Crippen LogP contribution in [-0.2, 0) is 22.6 Å². The molecule has 0 saturated carbocycles. The van der Waals surface area contributed by atoms with E-state index in [-0.39, 0.29) is 0 Å². The molecule has 1 aromatic carbocycles. The van der Waals surface area contributed by atoms with Crippen LogP contribution in [0.15, 0.2) is 18.2 Å². The Balaban J connectivity index is 1.68. The van der Waals surface area contributed by atoms with Gasteiger partial charge >= 0.3 is 11.8 Å². The number of aromatic nitrogens is 1. The summed E-state index contributed by atoms with van der Waals surface area (Å²) in [5.74, 6) is -1.38. The molecule has 0 spiro atoms. The summed E-state index contributed by atoms with van der Waals surface area (Å²) >= 11 is 1.43. The number of fused-ring (bicyclic) bond motifs is 1. The Morgan fingerprint density at radius 3 is 2.54 bits per heavy atom. The highest BCUT2D eigenvalue weighted by Crippen LogP contribution is 2.27. The number of hydrogen-bond acceptors (Lipinski definition) is 5. The fourth-order valence-corrected chi connectivity index (χ4v) is 3.80. The molecule has 0 atom stereocenters. The molecule has 1 aliphatic heterocycles. The minimum absolute atomic E-state index is 0.483. The number of para-hydroxylation sites is 1. The van der Waals surface area contributed by atoms with Crippen molar-refractivity contribution in [3.63, 3.8) is 0 Å². The zero-order valence-electron chi connectivity index (χ0n) is 14.0. The Kier molecular flexibility index (Phi) is 4.64. The summed E-state index contributed by atoms with van der Waals surface area (Å²) in [7, 11) is 2.05. The Morgan fingerprint density at radius 1 is 1.17 bits per heavy atom. The zero-order chi connectivity index (χ0) is 17.3. The molecule has 126 valence electrons. The molecule has 3 rings (SSSR count). The number of thiazole rings is 1. The van der Waals surface area contributed by atoms with E-state index < -0.39 is 11.8 Å². The molecule has 7 heteroatoms. The molecule has 24 heavy (non-hydrogen) atoms. The number of aryl methyl sites for hydroxylation is 2. The van der Waals surface area contributed by atoms with Crippen LogP contribution in [0.1, 0.15) is 21.7 Å². The molecule has 0 aliphatic carbocycles. The van der Waals surface area contributed by atoms with Crippen LogP contribution in [-0.4, -0.2) is 35.3 Å². The number of rotatable bonds is 2. The number of benzene rings is 1. The van der Waals surface area contributed by atoms with Crippen LogP contribution in [0.3, 0.4) is 0 Å². The van der Waals surface area contributed by atoms with Gasteiger partial charge in [0.05, 0.1) is 5.69 Å². The lowest BCUT2D eigenvalue weighted by molar-refractivity contribution is -0.133. The first kappa shape index (κ1) is 16.6. The smallest absolute Gasteiger partial charge is 0.315 e. The molecule has 1 aliphatic rings. The highest BCUT2D eigenvalue weighted by Gasteiger charge is 2.21. The minimum Gasteiger partial charge on any atom is -0.317 e. The Morgan fingerprint density at radius 2 is 1.83 bits per heavy atom. The fraction of sp³-hybridized carbons (Fsp3) is 0.353. The van der Waals surface area contributed by atoms with Gasteiger partial charge in [0.2, 0.25) is 0 Å². The maximum absolute atomic E-state index is 12.2. The largest absolute Gasteiger partial charge is 0.317 e. The van der Waals surface area contributed by atoms with Crippen molar-refractivity contribution in [3.05, 3.63) is 39.9 Å². The SMILES string of the molecule is Cc1cccc(C)c1NC(=O)C(=O)Nc1nc2c(s1)CN(C)CC2. The number of hydrogen-bond donors (Lipinski definition) is 2. The van der Waals surface area contributed by atoms with Gasteiger partial charge in [-0.1, -0.05) is 18.2 Å². The van der Waals surface area contributed by atoms with E-state index in [1.807, 2.05) is 32.0 Å². The summed E-state index contributed by atoms with van der Waals surface area (Å²) < 4.78 is 0. The molecule has 0 radical (unpaired) electrons. The van der Waals surface area contributed by atoms with Gasteiger partial charge in [0, 0.05) is 30.1 Å². The van der Waals surface area contributed by atoms with Gasteiger partial charge in [-0.2, -0.15) is 0 Å². The number of nitrogens with one attached hydrogen (secondary N) is 2. The van der Waals surface area contributed by atoms with Gasteiger partial charge in [-0.25, -0.2) is 4.98 Å². The average molecular weight is 344 g/mol. The molecule has 0 unspecified atom stereocenters. The molecule has 0 bridgehead atoms. The Hall–Kier alpha value is -2.25. The van der Waals surface area contributed by atoms with E-state index >= 15 is 0 Å². The van der Waals surface area contributed by atoms with Crippen molar-refractivity contribution in [1.82, 2.24) is 9.88 Å². The molecule has 0 fully saturated rings. The van der Waals surface area contributed by atoms with Crippen molar-refractivity contribution in [3.8, 4) is 0 Å². The topological polar surface area (TPSA) is 74.3 Å². The number of nitrogens with zero attached hydrogens (tertiary/aromatic N) is 2. The lowest BCUT2D eigenvalue weighted by atomic mass is 10.1. The summed E-state index contributed by atoms with van der Waals surface area (Å²) in [4.78, 5) is 32.1. The number of carbonyl (C=O) groups excluding carboxylic acids is 2. The molecule has 0 saturated heterocycles. The summed E-state index contributed by atoms with van der Waals surface area (Å²) in [6.45, 7) is 5.58. The van der Waals surface area contributed by atoms with E-state index in [9.17, 15) is 9.59 Å². The van der Waals surface area contributed by atoms with Crippen LogP contribution in [0.5, 0.6) is 0 Å². The van der Waals surface area contributed by atoms with E-state index in [0.29, 0.717) is 10.8 Å². The second-order valence-corrected chi connectivity index (χ2v) is 7.14. The van der Waals surface area contributed by atoms with E-state index in [0.717, 1.165) is 41.2 Å². The first-order valence-electron chi connectivity index (χ1n) is 7.79. The van der Waals surface area contributed by atoms with Crippen molar-refractivity contribution in [2.45, 2.75) is 26.8 Å². The summed E-state index contributed by atoms with van der Waals surface area (Å²) in [5.41, 5.74) is 3.54. The van der Waals surface area contributed by atoms with Crippen LogP contribution in [0.25, 0.3) is 0 Å². The number of likely N-dealkylation sites (N-methyl/N-ethyl adjacent to an activating group) is 1. The van der Waals surface area contributed by atoms with Gasteiger partial charge in [-0.05, 0) is 32.0 Å². The van der Waals surface area contributed by atoms with E-state index in [2.05, 4.69) is 27.6 Å². The molecule has 2 amide bonds. The van der Waals surface area contributed by atoms with Crippen LogP contribution >= 0.6 is 11.3 Å². The van der Waals surface area contributed by atoms with Crippen molar-refractivity contribution in [1.29, 1.82) is 0 Å². The molecule has 6 nitrogen and oxygen atoms in total. The van der Waals surface area contributed by atoms with Crippen molar-refractivity contribution >= 4 is 34.0 Å². The first-order chi connectivity index (χ1) is 11.4. The first-order valence-corrected chi connectivity index (χ1v) is 8.61. The fourth-order valence-electron chi connectivity index (χ4n) is 2.71. The lowest BCUT2D eigenvalue weighted by Gasteiger charge is -2.20. The van der Waals surface area contributed by atoms with Gasteiger partial charge < -0.3 is 10.2 Å². The summed E-state index contributed by atoms with van der Waals surface area (Å²) in [5, 5.41) is 5.78. The second kappa shape index (κ2) is 6.70. The Labute approximate surface area is 144 Å². The number of anilines is 2. The van der Waals surface area contributed by atoms with Gasteiger partial charge in [0.25, 0.3) is 0 Å². The normalized spacial score (nSPS) is 14.1. The molecule has 2 heterocycles. The van der Waals surface area contributed by atoms with E-state index in [4.69, 9.17) is 0 Å². The number of amides is 2. The molecular formula is C17H20N4O2S.